The van der Waals surface area contributed by atoms with Crippen molar-refractivity contribution in [2.45, 2.75) is 19.8 Å². The molecular formula is C14H17N3O2S. The molecule has 2 rings (SSSR count). The van der Waals surface area contributed by atoms with Crippen LogP contribution in [0.2, 0.25) is 0 Å². The molecular weight excluding hydrogens is 274 g/mol. The molecule has 0 atom stereocenters. The number of hydrogen-bond donors (Lipinski definition) is 2. The molecule has 5 nitrogen and oxygen atoms in total. The normalized spacial score (nSPS) is 10.4. The van der Waals surface area contributed by atoms with Gasteiger partial charge in [-0.25, -0.2) is 9.78 Å². The molecule has 0 unspecified atom stereocenters. The molecule has 2 aromatic rings. The molecule has 0 aliphatic rings. The van der Waals surface area contributed by atoms with Crippen molar-refractivity contribution in [1.82, 2.24) is 4.98 Å². The lowest BCUT2D eigenvalue weighted by molar-refractivity contribution is 0.262. The summed E-state index contributed by atoms with van der Waals surface area (Å²) in [6, 6.07) is 6.86. The van der Waals surface area contributed by atoms with E-state index in [0.29, 0.717) is 22.5 Å². The first-order valence-electron chi connectivity index (χ1n) is 6.26. The third-order valence-electron chi connectivity index (χ3n) is 2.64. The summed E-state index contributed by atoms with van der Waals surface area (Å²) in [5.41, 5.74) is 0.669. The Labute approximate surface area is 122 Å². The van der Waals surface area contributed by atoms with Crippen LogP contribution in [0.5, 0.6) is 5.75 Å². The summed E-state index contributed by atoms with van der Waals surface area (Å²) < 4.78 is 5.10. The third-order valence-corrected chi connectivity index (χ3v) is 3.85. The number of rotatable bonds is 4. The Morgan fingerprint density at radius 3 is 2.80 bits per heavy atom. The summed E-state index contributed by atoms with van der Waals surface area (Å²) in [6.07, 6.45) is 1.79. The maximum atomic E-state index is 11.9. The van der Waals surface area contributed by atoms with Gasteiger partial charge in [-0.3, -0.25) is 5.32 Å². The highest BCUT2D eigenvalue weighted by atomic mass is 32.1. The highest BCUT2D eigenvalue weighted by molar-refractivity contribution is 7.15. The van der Waals surface area contributed by atoms with Gasteiger partial charge in [-0.15, -0.1) is 11.3 Å². The van der Waals surface area contributed by atoms with Crippen LogP contribution in [0.25, 0.3) is 0 Å². The molecule has 0 bridgehead atoms. The fraction of sp³-hybridized carbons (Fsp3) is 0.286. The minimum atomic E-state index is -0.317. The summed E-state index contributed by atoms with van der Waals surface area (Å²) >= 11 is 1.48. The van der Waals surface area contributed by atoms with E-state index in [2.05, 4.69) is 29.5 Å². The van der Waals surface area contributed by atoms with Crippen molar-refractivity contribution in [3.63, 3.8) is 0 Å². The van der Waals surface area contributed by atoms with Gasteiger partial charge in [-0.1, -0.05) is 19.9 Å². The number of aromatic nitrogens is 1. The molecule has 0 saturated heterocycles. The van der Waals surface area contributed by atoms with Crippen LogP contribution in [0.15, 0.2) is 30.5 Å². The Kier molecular flexibility index (Phi) is 4.57. The maximum absolute atomic E-state index is 11.9. The summed E-state index contributed by atoms with van der Waals surface area (Å²) in [6.45, 7) is 4.18. The first kappa shape index (κ1) is 14.3. The second-order valence-electron chi connectivity index (χ2n) is 4.53. The van der Waals surface area contributed by atoms with Crippen LogP contribution in [-0.4, -0.2) is 18.1 Å². The number of anilines is 2. The van der Waals surface area contributed by atoms with E-state index < -0.39 is 0 Å². The van der Waals surface area contributed by atoms with E-state index in [1.54, 1.807) is 25.4 Å². The number of nitrogens with zero attached hydrogens (tertiary/aromatic N) is 1. The third kappa shape index (κ3) is 3.71. The van der Waals surface area contributed by atoms with Crippen molar-refractivity contribution in [3.05, 3.63) is 35.3 Å². The van der Waals surface area contributed by atoms with Crippen LogP contribution >= 0.6 is 11.3 Å². The van der Waals surface area contributed by atoms with Gasteiger partial charge in [0.1, 0.15) is 5.75 Å². The van der Waals surface area contributed by atoms with Crippen LogP contribution < -0.4 is 15.4 Å². The van der Waals surface area contributed by atoms with E-state index in [1.807, 2.05) is 12.1 Å². The molecule has 1 aromatic carbocycles. The molecule has 0 saturated carbocycles. The number of ether oxygens (including phenoxy) is 1. The number of thiazole rings is 1. The summed E-state index contributed by atoms with van der Waals surface area (Å²) in [7, 11) is 1.59. The zero-order valence-corrected chi connectivity index (χ0v) is 12.5. The predicted octanol–water partition coefficient (Wildman–Crippen LogP) is 3.92. The van der Waals surface area contributed by atoms with E-state index >= 15 is 0 Å². The Morgan fingerprint density at radius 2 is 2.15 bits per heavy atom. The number of methoxy groups -OCH3 is 1. The Morgan fingerprint density at radius 1 is 1.35 bits per heavy atom. The lowest BCUT2D eigenvalue weighted by atomic mass is 10.2. The van der Waals surface area contributed by atoms with Gasteiger partial charge in [0.2, 0.25) is 0 Å². The first-order chi connectivity index (χ1) is 9.58. The molecule has 0 spiro atoms. The topological polar surface area (TPSA) is 63.2 Å². The smallest absolute Gasteiger partial charge is 0.325 e. The standard InChI is InChI=1S/C14H17N3O2S/c1-9(2)12-8-15-14(20-12)17-13(18)16-10-5-4-6-11(7-10)19-3/h4-9H,1-3H3,(H2,15,16,17,18). The largest absolute Gasteiger partial charge is 0.497 e. The van der Waals surface area contributed by atoms with Gasteiger partial charge in [0.15, 0.2) is 5.13 Å². The molecule has 0 fully saturated rings. The molecule has 2 N–H and O–H groups in total. The molecule has 1 aromatic heterocycles. The van der Waals surface area contributed by atoms with E-state index in [9.17, 15) is 4.79 Å². The Balaban J connectivity index is 1.97. The van der Waals surface area contributed by atoms with Gasteiger partial charge in [0.25, 0.3) is 0 Å². The molecule has 20 heavy (non-hydrogen) atoms. The summed E-state index contributed by atoms with van der Waals surface area (Å²) in [5, 5.41) is 6.05. The zero-order valence-electron chi connectivity index (χ0n) is 11.6. The van der Waals surface area contributed by atoms with Crippen LogP contribution in [0.1, 0.15) is 24.6 Å². The average molecular weight is 291 g/mol. The SMILES string of the molecule is COc1cccc(NC(=O)Nc2ncc(C(C)C)s2)c1. The van der Waals surface area contributed by atoms with Gasteiger partial charge < -0.3 is 10.1 Å². The van der Waals surface area contributed by atoms with E-state index in [4.69, 9.17) is 4.74 Å². The van der Waals surface area contributed by atoms with Gasteiger partial charge >= 0.3 is 6.03 Å². The van der Waals surface area contributed by atoms with Gasteiger partial charge in [0.05, 0.1) is 7.11 Å². The Bertz CT molecular complexity index is 596. The van der Waals surface area contributed by atoms with Crippen molar-refractivity contribution in [2.75, 3.05) is 17.7 Å². The number of urea groups is 1. The second kappa shape index (κ2) is 6.38. The van der Waals surface area contributed by atoms with Crippen LogP contribution in [0, 0.1) is 0 Å². The molecule has 6 heteroatoms. The number of nitrogens with one attached hydrogen (secondary N) is 2. The van der Waals surface area contributed by atoms with Gasteiger partial charge in [0, 0.05) is 22.8 Å². The Hall–Kier alpha value is -2.08. The van der Waals surface area contributed by atoms with Crippen molar-refractivity contribution < 1.29 is 9.53 Å². The number of hydrogen-bond acceptors (Lipinski definition) is 4. The number of amides is 2. The first-order valence-corrected chi connectivity index (χ1v) is 7.08. The molecule has 0 aliphatic heterocycles. The minimum absolute atomic E-state index is 0.317. The molecule has 1 heterocycles. The van der Waals surface area contributed by atoms with Crippen LogP contribution in [-0.2, 0) is 0 Å². The zero-order chi connectivity index (χ0) is 14.5. The number of carbonyl (C=O) groups excluding carboxylic acids is 1. The van der Waals surface area contributed by atoms with Crippen LogP contribution in [0.3, 0.4) is 0 Å². The highest BCUT2D eigenvalue weighted by Gasteiger charge is 2.09. The second-order valence-corrected chi connectivity index (χ2v) is 5.60. The fourth-order valence-electron chi connectivity index (χ4n) is 1.57. The van der Waals surface area contributed by atoms with Crippen LogP contribution in [0.4, 0.5) is 15.6 Å². The van der Waals surface area contributed by atoms with Crippen molar-refractivity contribution >= 4 is 28.2 Å². The fourth-order valence-corrected chi connectivity index (χ4v) is 2.39. The van der Waals surface area contributed by atoms with Gasteiger partial charge in [-0.05, 0) is 18.1 Å². The summed E-state index contributed by atoms with van der Waals surface area (Å²) in [5.74, 6) is 1.10. The molecule has 106 valence electrons. The quantitative estimate of drug-likeness (QED) is 0.897. The van der Waals surface area contributed by atoms with Crippen molar-refractivity contribution in [2.24, 2.45) is 0 Å². The number of carbonyl (C=O) groups is 1. The number of benzene rings is 1. The molecule has 0 radical (unpaired) electrons. The predicted molar refractivity (Wildman–Crippen MR) is 81.8 cm³/mol. The highest BCUT2D eigenvalue weighted by Crippen LogP contribution is 2.25. The lowest BCUT2D eigenvalue weighted by Crippen LogP contribution is -2.19. The minimum Gasteiger partial charge on any atom is -0.497 e. The lowest BCUT2D eigenvalue weighted by Gasteiger charge is -2.07. The maximum Gasteiger partial charge on any atom is 0.325 e. The summed E-state index contributed by atoms with van der Waals surface area (Å²) in [4.78, 5) is 17.2. The van der Waals surface area contributed by atoms with Crippen molar-refractivity contribution in [3.8, 4) is 5.75 Å². The van der Waals surface area contributed by atoms with E-state index in [0.717, 1.165) is 4.88 Å². The van der Waals surface area contributed by atoms with Gasteiger partial charge in [-0.2, -0.15) is 0 Å². The molecule has 0 aliphatic carbocycles. The molecule has 2 amide bonds. The average Bonchev–Trinajstić information content (AvgIpc) is 2.87. The monoisotopic (exact) mass is 291 g/mol. The van der Waals surface area contributed by atoms with Crippen molar-refractivity contribution in [1.29, 1.82) is 0 Å². The van der Waals surface area contributed by atoms with E-state index in [-0.39, 0.29) is 6.03 Å². The van der Waals surface area contributed by atoms with E-state index in [1.165, 1.54) is 11.3 Å².